The maximum Gasteiger partial charge on any atom is 0.338 e. The zero-order valence-electron chi connectivity index (χ0n) is 19.5. The van der Waals surface area contributed by atoms with Gasteiger partial charge in [-0.15, -0.1) is 0 Å². The summed E-state index contributed by atoms with van der Waals surface area (Å²) in [6.07, 6.45) is 1.70. The number of hydrogen-bond acceptors (Lipinski definition) is 6. The van der Waals surface area contributed by atoms with E-state index in [2.05, 4.69) is 15.9 Å². The van der Waals surface area contributed by atoms with E-state index in [0.29, 0.717) is 36.2 Å². The number of hydrogen-bond donors (Lipinski definition) is 1. The normalized spacial score (nSPS) is 15.3. The number of fused-ring (bicyclic) bond motifs is 1. The Balaban J connectivity index is 1.82. The second-order valence-corrected chi connectivity index (χ2v) is 10.1. The zero-order valence-corrected chi connectivity index (χ0v) is 21.9. The molecule has 6 nitrogen and oxygen atoms in total. The van der Waals surface area contributed by atoms with E-state index in [0.717, 1.165) is 0 Å². The molecule has 0 fully saturated rings. The van der Waals surface area contributed by atoms with E-state index >= 15 is 0 Å². The predicted molar refractivity (Wildman–Crippen MR) is 143 cm³/mol. The Labute approximate surface area is 223 Å². The molecule has 1 aromatic heterocycles. The SMILES string of the molecule is CCOC(=O)C1=C(c2ccccc2)N=c2s/c(=C\c3ccc(O)c(Br)c3)c(=O)n2[C@@H]1c1ccc(F)cc1. The number of rotatable bonds is 5. The van der Waals surface area contributed by atoms with Crippen molar-refractivity contribution in [3.05, 3.63) is 125 Å². The van der Waals surface area contributed by atoms with Gasteiger partial charge >= 0.3 is 5.97 Å². The Kier molecular flexibility index (Phi) is 6.90. The van der Waals surface area contributed by atoms with Crippen LogP contribution in [0.25, 0.3) is 11.8 Å². The Morgan fingerprint density at radius 3 is 2.57 bits per heavy atom. The average Bonchev–Trinajstić information content (AvgIpc) is 3.21. The molecule has 0 amide bonds. The van der Waals surface area contributed by atoms with Crippen LogP contribution in [0.2, 0.25) is 0 Å². The second-order valence-electron chi connectivity index (χ2n) is 8.19. The monoisotopic (exact) mass is 578 g/mol. The predicted octanol–water partition coefficient (Wildman–Crippen LogP) is 4.54. The molecule has 1 aliphatic rings. The van der Waals surface area contributed by atoms with Crippen molar-refractivity contribution in [3.8, 4) is 5.75 Å². The number of halogens is 2. The number of carbonyl (C=O) groups is 1. The van der Waals surface area contributed by atoms with Crippen LogP contribution in [-0.2, 0) is 9.53 Å². The van der Waals surface area contributed by atoms with Crippen LogP contribution in [0.5, 0.6) is 5.75 Å². The lowest BCUT2D eigenvalue weighted by atomic mass is 9.93. The lowest BCUT2D eigenvalue weighted by Crippen LogP contribution is -2.40. The van der Waals surface area contributed by atoms with Crippen LogP contribution in [0.3, 0.4) is 0 Å². The van der Waals surface area contributed by atoms with Gasteiger partial charge in [-0.1, -0.05) is 59.9 Å². The molecule has 1 aliphatic heterocycles. The first-order valence-electron chi connectivity index (χ1n) is 11.4. The van der Waals surface area contributed by atoms with Crippen LogP contribution in [0.1, 0.15) is 29.7 Å². The van der Waals surface area contributed by atoms with Gasteiger partial charge in [0.15, 0.2) is 4.80 Å². The number of aromatic hydroxyl groups is 1. The number of phenolic OH excluding ortho intramolecular Hbond substituents is 1. The van der Waals surface area contributed by atoms with Crippen molar-refractivity contribution >= 4 is 45.0 Å². The van der Waals surface area contributed by atoms with Gasteiger partial charge in [0.25, 0.3) is 5.56 Å². The molecule has 37 heavy (non-hydrogen) atoms. The minimum absolute atomic E-state index is 0.0847. The van der Waals surface area contributed by atoms with Gasteiger partial charge in [-0.2, -0.15) is 0 Å². The van der Waals surface area contributed by atoms with E-state index in [-0.39, 0.29) is 23.5 Å². The highest BCUT2D eigenvalue weighted by Crippen LogP contribution is 2.35. The molecule has 3 aromatic carbocycles. The fourth-order valence-corrected chi connectivity index (χ4v) is 5.56. The smallest absolute Gasteiger partial charge is 0.338 e. The topological polar surface area (TPSA) is 80.9 Å². The number of nitrogens with zero attached hydrogens (tertiary/aromatic N) is 2. The van der Waals surface area contributed by atoms with E-state index in [1.54, 1.807) is 37.3 Å². The first-order chi connectivity index (χ1) is 17.9. The quantitative estimate of drug-likeness (QED) is 0.352. The molecule has 5 rings (SSSR count). The van der Waals surface area contributed by atoms with Gasteiger partial charge in [-0.25, -0.2) is 14.2 Å². The van der Waals surface area contributed by atoms with Gasteiger partial charge in [-0.3, -0.25) is 9.36 Å². The summed E-state index contributed by atoms with van der Waals surface area (Å²) >= 11 is 4.48. The van der Waals surface area contributed by atoms with Gasteiger partial charge in [0, 0.05) is 5.56 Å². The first-order valence-corrected chi connectivity index (χ1v) is 13.0. The van der Waals surface area contributed by atoms with Crippen LogP contribution < -0.4 is 14.9 Å². The summed E-state index contributed by atoms with van der Waals surface area (Å²) in [6.45, 7) is 1.85. The van der Waals surface area contributed by atoms with Crippen molar-refractivity contribution in [1.82, 2.24) is 4.57 Å². The zero-order chi connectivity index (χ0) is 26.1. The molecule has 1 atom stereocenters. The molecule has 0 radical (unpaired) electrons. The number of phenols is 1. The molecule has 186 valence electrons. The molecule has 0 saturated heterocycles. The maximum absolute atomic E-state index is 13.8. The summed E-state index contributed by atoms with van der Waals surface area (Å²) in [5.74, 6) is -0.948. The van der Waals surface area contributed by atoms with Crippen molar-refractivity contribution in [1.29, 1.82) is 0 Å². The van der Waals surface area contributed by atoms with Crippen molar-refractivity contribution in [3.63, 3.8) is 0 Å². The molecule has 0 bridgehead atoms. The molecular weight excluding hydrogens is 559 g/mol. The summed E-state index contributed by atoms with van der Waals surface area (Å²) in [6, 6.07) is 19.0. The third-order valence-electron chi connectivity index (χ3n) is 5.83. The largest absolute Gasteiger partial charge is 0.507 e. The Hall–Kier alpha value is -3.82. The van der Waals surface area contributed by atoms with Gasteiger partial charge in [0.1, 0.15) is 11.6 Å². The van der Waals surface area contributed by atoms with Gasteiger partial charge in [-0.05, 0) is 64.3 Å². The van der Waals surface area contributed by atoms with Crippen molar-refractivity contribution in [2.45, 2.75) is 13.0 Å². The van der Waals surface area contributed by atoms with Crippen molar-refractivity contribution in [2.24, 2.45) is 4.99 Å². The highest BCUT2D eigenvalue weighted by molar-refractivity contribution is 9.10. The first kappa shape index (κ1) is 24.9. The Bertz CT molecular complexity index is 1710. The molecule has 1 N–H and O–H groups in total. The molecule has 0 unspecified atom stereocenters. The standard InChI is InChI=1S/C28H20BrFN2O4S/c1-2-36-27(35)23-24(17-6-4-3-5-7-17)31-28-32(25(23)18-9-11-19(30)12-10-18)26(34)22(37-28)15-16-8-13-21(33)20(29)14-16/h3-15,25,33H,2H2,1H3/b22-15-/t25-/m1/s1. The van der Waals surface area contributed by atoms with Gasteiger partial charge in [0.2, 0.25) is 0 Å². The van der Waals surface area contributed by atoms with Crippen molar-refractivity contribution in [2.75, 3.05) is 6.61 Å². The number of ether oxygens (including phenoxy) is 1. The van der Waals surface area contributed by atoms with Crippen LogP contribution in [0.15, 0.2) is 92.6 Å². The third-order valence-corrected chi connectivity index (χ3v) is 7.45. The van der Waals surface area contributed by atoms with Crippen LogP contribution >= 0.6 is 27.3 Å². The van der Waals surface area contributed by atoms with Crippen molar-refractivity contribution < 1.29 is 19.0 Å². The average molecular weight is 579 g/mol. The number of esters is 1. The highest BCUT2D eigenvalue weighted by atomic mass is 79.9. The molecule has 0 aliphatic carbocycles. The minimum atomic E-state index is -0.875. The Morgan fingerprint density at radius 2 is 1.89 bits per heavy atom. The fourth-order valence-electron chi connectivity index (χ4n) is 4.17. The van der Waals surface area contributed by atoms with E-state index in [9.17, 15) is 19.1 Å². The number of carbonyl (C=O) groups excluding carboxylic acids is 1. The van der Waals surface area contributed by atoms with E-state index in [4.69, 9.17) is 9.73 Å². The molecule has 2 heterocycles. The lowest BCUT2D eigenvalue weighted by molar-refractivity contribution is -0.138. The van der Waals surface area contributed by atoms with Crippen LogP contribution in [0.4, 0.5) is 4.39 Å². The lowest BCUT2D eigenvalue weighted by Gasteiger charge is -2.25. The highest BCUT2D eigenvalue weighted by Gasteiger charge is 2.35. The summed E-state index contributed by atoms with van der Waals surface area (Å²) in [5, 5.41) is 9.82. The molecular formula is C28H20BrFN2O4S. The number of benzene rings is 3. The summed E-state index contributed by atoms with van der Waals surface area (Å²) in [7, 11) is 0. The third kappa shape index (κ3) is 4.80. The van der Waals surface area contributed by atoms with E-state index < -0.39 is 17.8 Å². The van der Waals surface area contributed by atoms with Crippen LogP contribution in [0, 0.1) is 5.82 Å². The Morgan fingerprint density at radius 1 is 1.16 bits per heavy atom. The molecule has 4 aromatic rings. The minimum Gasteiger partial charge on any atom is -0.507 e. The summed E-state index contributed by atoms with van der Waals surface area (Å²) in [4.78, 5) is 32.3. The summed E-state index contributed by atoms with van der Waals surface area (Å²) in [5.41, 5.74) is 2.18. The van der Waals surface area contributed by atoms with Gasteiger partial charge in [0.05, 0.1) is 32.9 Å². The number of aromatic nitrogens is 1. The van der Waals surface area contributed by atoms with Crippen LogP contribution in [-0.4, -0.2) is 22.2 Å². The molecule has 9 heteroatoms. The number of thiazole rings is 1. The maximum atomic E-state index is 13.8. The molecule has 0 saturated carbocycles. The van der Waals surface area contributed by atoms with E-state index in [1.165, 1.54) is 34.1 Å². The summed E-state index contributed by atoms with van der Waals surface area (Å²) < 4.78 is 21.6. The van der Waals surface area contributed by atoms with Gasteiger partial charge < -0.3 is 9.84 Å². The molecule has 0 spiro atoms. The fraction of sp³-hybridized carbons (Fsp3) is 0.107. The van der Waals surface area contributed by atoms with E-state index in [1.807, 2.05) is 30.3 Å². The second kappa shape index (κ2) is 10.3.